The molecule has 1 unspecified atom stereocenters. The summed E-state index contributed by atoms with van der Waals surface area (Å²) in [6.45, 7) is 1.09. The molecule has 1 atom stereocenters. The van der Waals surface area contributed by atoms with E-state index in [0.29, 0.717) is 13.2 Å². The lowest BCUT2D eigenvalue weighted by Crippen LogP contribution is -2.28. The summed E-state index contributed by atoms with van der Waals surface area (Å²) < 4.78 is 9.88. The van der Waals surface area contributed by atoms with E-state index in [9.17, 15) is 0 Å². The van der Waals surface area contributed by atoms with E-state index in [4.69, 9.17) is 15.2 Å². The summed E-state index contributed by atoms with van der Waals surface area (Å²) >= 11 is 0. The van der Waals surface area contributed by atoms with Crippen LogP contribution in [0.25, 0.3) is 0 Å². The standard InChI is InChI=1S/C5H9NO2/c6-3-5-4-7-1-2-8-5/h1-2,5H,3-4,6H2. The van der Waals surface area contributed by atoms with Crippen molar-refractivity contribution in [1.29, 1.82) is 0 Å². The highest BCUT2D eigenvalue weighted by Crippen LogP contribution is 1.98. The lowest BCUT2D eigenvalue weighted by molar-refractivity contribution is 0.0391. The van der Waals surface area contributed by atoms with Crippen molar-refractivity contribution in [3.63, 3.8) is 0 Å². The molecule has 0 aliphatic carbocycles. The second-order valence-electron chi connectivity index (χ2n) is 1.60. The largest absolute Gasteiger partial charge is 0.494 e. The van der Waals surface area contributed by atoms with Crippen molar-refractivity contribution in [2.24, 2.45) is 5.73 Å². The van der Waals surface area contributed by atoms with Crippen LogP contribution in [0.5, 0.6) is 0 Å². The van der Waals surface area contributed by atoms with E-state index >= 15 is 0 Å². The first kappa shape index (κ1) is 5.44. The Balaban J connectivity index is 2.27. The van der Waals surface area contributed by atoms with Crippen LogP contribution in [0.15, 0.2) is 12.5 Å². The molecule has 1 rings (SSSR count). The highest BCUT2D eigenvalue weighted by Gasteiger charge is 2.07. The Labute approximate surface area is 48.1 Å². The van der Waals surface area contributed by atoms with Crippen molar-refractivity contribution in [2.75, 3.05) is 13.2 Å². The van der Waals surface area contributed by atoms with Gasteiger partial charge in [-0.2, -0.15) is 0 Å². The first-order valence-electron chi connectivity index (χ1n) is 2.55. The number of ether oxygens (including phenoxy) is 2. The van der Waals surface area contributed by atoms with Gasteiger partial charge in [0.05, 0.1) is 0 Å². The number of hydrogen-bond donors (Lipinski definition) is 1. The molecule has 3 nitrogen and oxygen atoms in total. The van der Waals surface area contributed by atoms with Gasteiger partial charge in [0.15, 0.2) is 0 Å². The summed E-state index contributed by atoms with van der Waals surface area (Å²) in [6.07, 6.45) is 3.09. The molecule has 0 spiro atoms. The highest BCUT2D eigenvalue weighted by atomic mass is 16.6. The van der Waals surface area contributed by atoms with Crippen LogP contribution in [-0.2, 0) is 9.47 Å². The normalized spacial score (nSPS) is 26.4. The fraction of sp³-hybridized carbons (Fsp3) is 0.600. The minimum absolute atomic E-state index is 0.0556. The molecular formula is C5H9NO2. The molecule has 1 heterocycles. The zero-order valence-corrected chi connectivity index (χ0v) is 4.54. The quantitative estimate of drug-likeness (QED) is 0.516. The SMILES string of the molecule is NCC1COC=CO1. The molecular weight excluding hydrogens is 106 g/mol. The molecule has 1 aliphatic heterocycles. The van der Waals surface area contributed by atoms with Crippen LogP contribution >= 0.6 is 0 Å². The molecule has 0 aromatic rings. The van der Waals surface area contributed by atoms with E-state index in [-0.39, 0.29) is 6.10 Å². The lowest BCUT2D eigenvalue weighted by Gasteiger charge is -2.17. The molecule has 1 aliphatic rings. The van der Waals surface area contributed by atoms with Crippen molar-refractivity contribution in [3.8, 4) is 0 Å². The minimum Gasteiger partial charge on any atom is -0.494 e. The van der Waals surface area contributed by atoms with Crippen molar-refractivity contribution in [1.82, 2.24) is 0 Å². The van der Waals surface area contributed by atoms with Crippen molar-refractivity contribution >= 4 is 0 Å². The molecule has 0 saturated heterocycles. The Bertz CT molecular complexity index is 92.4. The van der Waals surface area contributed by atoms with Crippen molar-refractivity contribution in [2.45, 2.75) is 6.10 Å². The van der Waals surface area contributed by atoms with Gasteiger partial charge in [-0.05, 0) is 0 Å². The van der Waals surface area contributed by atoms with Gasteiger partial charge in [0.25, 0.3) is 0 Å². The fourth-order valence-corrected chi connectivity index (χ4v) is 0.508. The first-order valence-corrected chi connectivity index (χ1v) is 2.55. The topological polar surface area (TPSA) is 44.5 Å². The molecule has 2 N–H and O–H groups in total. The molecule has 0 fully saturated rings. The zero-order valence-electron chi connectivity index (χ0n) is 4.54. The van der Waals surface area contributed by atoms with E-state index in [1.54, 1.807) is 0 Å². The Morgan fingerprint density at radius 3 is 2.88 bits per heavy atom. The van der Waals surface area contributed by atoms with Crippen LogP contribution in [0, 0.1) is 0 Å². The van der Waals surface area contributed by atoms with Crippen LogP contribution in [0.3, 0.4) is 0 Å². The Kier molecular flexibility index (Phi) is 1.75. The van der Waals surface area contributed by atoms with Crippen LogP contribution in [0.2, 0.25) is 0 Å². The molecule has 8 heavy (non-hydrogen) atoms. The monoisotopic (exact) mass is 115 g/mol. The summed E-state index contributed by atoms with van der Waals surface area (Å²) in [5.74, 6) is 0. The average Bonchev–Trinajstić information content (AvgIpc) is 1.90. The second-order valence-corrected chi connectivity index (χ2v) is 1.60. The van der Waals surface area contributed by atoms with Gasteiger partial charge in [-0.25, -0.2) is 0 Å². The van der Waals surface area contributed by atoms with E-state index in [1.165, 1.54) is 12.5 Å². The molecule has 0 saturated carbocycles. The van der Waals surface area contributed by atoms with Gasteiger partial charge in [-0.3, -0.25) is 0 Å². The number of hydrogen-bond acceptors (Lipinski definition) is 3. The molecule has 0 bridgehead atoms. The molecule has 3 heteroatoms. The summed E-state index contributed by atoms with van der Waals surface area (Å²) in [5.41, 5.74) is 5.26. The average molecular weight is 115 g/mol. The first-order chi connectivity index (χ1) is 3.93. The Morgan fingerprint density at radius 1 is 1.62 bits per heavy atom. The van der Waals surface area contributed by atoms with Gasteiger partial charge in [-0.15, -0.1) is 0 Å². The Morgan fingerprint density at radius 2 is 2.50 bits per heavy atom. The predicted octanol–water partition coefficient (Wildman–Crippen LogP) is -0.168. The van der Waals surface area contributed by atoms with Gasteiger partial charge in [-0.1, -0.05) is 0 Å². The fourth-order valence-electron chi connectivity index (χ4n) is 0.508. The summed E-state index contributed by atoms with van der Waals surface area (Å²) in [7, 11) is 0. The van der Waals surface area contributed by atoms with E-state index < -0.39 is 0 Å². The van der Waals surface area contributed by atoms with Crippen LogP contribution in [0.1, 0.15) is 0 Å². The van der Waals surface area contributed by atoms with E-state index in [1.807, 2.05) is 0 Å². The maximum Gasteiger partial charge on any atom is 0.144 e. The van der Waals surface area contributed by atoms with E-state index in [0.717, 1.165) is 0 Å². The summed E-state index contributed by atoms with van der Waals surface area (Å²) in [5, 5.41) is 0. The third-order valence-corrected chi connectivity index (χ3v) is 0.968. The maximum atomic E-state index is 5.26. The Hall–Kier alpha value is -0.700. The third kappa shape index (κ3) is 1.13. The number of nitrogens with two attached hydrogens (primary N) is 1. The smallest absolute Gasteiger partial charge is 0.144 e. The van der Waals surface area contributed by atoms with Gasteiger partial charge in [0, 0.05) is 6.54 Å². The lowest BCUT2D eigenvalue weighted by atomic mass is 10.4. The molecule has 0 aromatic heterocycles. The molecule has 0 radical (unpaired) electrons. The van der Waals surface area contributed by atoms with Crippen LogP contribution in [0.4, 0.5) is 0 Å². The minimum atomic E-state index is 0.0556. The van der Waals surface area contributed by atoms with Crippen molar-refractivity contribution in [3.05, 3.63) is 12.5 Å². The second kappa shape index (κ2) is 2.57. The van der Waals surface area contributed by atoms with Crippen LogP contribution < -0.4 is 5.73 Å². The maximum absolute atomic E-state index is 5.26. The van der Waals surface area contributed by atoms with Gasteiger partial charge in [0.2, 0.25) is 0 Å². The summed E-state index contributed by atoms with van der Waals surface area (Å²) in [4.78, 5) is 0. The van der Waals surface area contributed by atoms with E-state index in [2.05, 4.69) is 0 Å². The highest BCUT2D eigenvalue weighted by molar-refractivity contribution is 4.72. The van der Waals surface area contributed by atoms with Gasteiger partial charge >= 0.3 is 0 Å². The van der Waals surface area contributed by atoms with Crippen molar-refractivity contribution < 1.29 is 9.47 Å². The summed E-state index contributed by atoms with van der Waals surface area (Å²) in [6, 6.07) is 0. The van der Waals surface area contributed by atoms with Crippen LogP contribution in [-0.4, -0.2) is 19.3 Å². The van der Waals surface area contributed by atoms with Gasteiger partial charge in [0.1, 0.15) is 25.2 Å². The molecule has 0 aromatic carbocycles. The molecule has 0 amide bonds. The molecule has 46 valence electrons. The third-order valence-electron chi connectivity index (χ3n) is 0.968. The predicted molar refractivity (Wildman–Crippen MR) is 29.0 cm³/mol. The number of rotatable bonds is 1. The zero-order chi connectivity index (χ0) is 5.82. The van der Waals surface area contributed by atoms with Gasteiger partial charge < -0.3 is 15.2 Å².